The summed E-state index contributed by atoms with van der Waals surface area (Å²) in [5, 5.41) is 6.81. The molecular formula is C17H35Cl2N3O. The van der Waals surface area contributed by atoms with Gasteiger partial charge in [-0.15, -0.1) is 24.8 Å². The van der Waals surface area contributed by atoms with E-state index in [1.54, 1.807) is 0 Å². The van der Waals surface area contributed by atoms with Gasteiger partial charge in [0.2, 0.25) is 5.91 Å². The molecule has 2 rings (SSSR count). The smallest absolute Gasteiger partial charge is 0.228 e. The molecule has 1 saturated carbocycles. The molecule has 1 amide bonds. The summed E-state index contributed by atoms with van der Waals surface area (Å²) in [7, 11) is 4.18. The molecule has 0 aromatic heterocycles. The van der Waals surface area contributed by atoms with E-state index in [1.807, 2.05) is 0 Å². The number of carbonyl (C=O) groups is 1. The van der Waals surface area contributed by atoms with Crippen molar-refractivity contribution in [2.75, 3.05) is 33.7 Å². The maximum absolute atomic E-state index is 13.0. The Morgan fingerprint density at radius 3 is 2.61 bits per heavy atom. The van der Waals surface area contributed by atoms with E-state index in [-0.39, 0.29) is 47.6 Å². The van der Waals surface area contributed by atoms with E-state index < -0.39 is 0 Å². The number of rotatable bonds is 5. The highest BCUT2D eigenvalue weighted by Crippen LogP contribution is 2.44. The molecule has 0 spiro atoms. The third-order valence-electron chi connectivity index (χ3n) is 5.73. The molecule has 23 heavy (non-hydrogen) atoms. The Balaban J connectivity index is 0.00000242. The van der Waals surface area contributed by atoms with Gasteiger partial charge in [-0.1, -0.05) is 26.7 Å². The maximum atomic E-state index is 13.0. The van der Waals surface area contributed by atoms with E-state index in [4.69, 9.17) is 0 Å². The molecule has 1 saturated heterocycles. The fraction of sp³-hybridized carbons (Fsp3) is 0.941. The first-order valence-corrected chi connectivity index (χ1v) is 8.44. The second kappa shape index (κ2) is 8.89. The Bertz CT molecular complexity index is 390. The zero-order chi connectivity index (χ0) is 15.7. The first kappa shape index (κ1) is 23.0. The van der Waals surface area contributed by atoms with Crippen molar-refractivity contribution >= 4 is 30.7 Å². The summed E-state index contributed by atoms with van der Waals surface area (Å²) in [5.41, 5.74) is -0.0628. The number of carbonyl (C=O) groups excluding carboxylic acids is 1. The molecule has 1 aliphatic carbocycles. The van der Waals surface area contributed by atoms with Gasteiger partial charge >= 0.3 is 0 Å². The normalized spacial score (nSPS) is 28.3. The van der Waals surface area contributed by atoms with Gasteiger partial charge in [0, 0.05) is 19.1 Å². The summed E-state index contributed by atoms with van der Waals surface area (Å²) in [6.45, 7) is 9.48. The predicted octanol–water partition coefficient (Wildman–Crippen LogP) is 2.70. The van der Waals surface area contributed by atoms with Crippen LogP contribution in [-0.2, 0) is 4.79 Å². The van der Waals surface area contributed by atoms with Crippen molar-refractivity contribution in [3.05, 3.63) is 0 Å². The molecule has 2 aliphatic rings. The Morgan fingerprint density at radius 2 is 2.00 bits per heavy atom. The van der Waals surface area contributed by atoms with Crippen LogP contribution in [0.15, 0.2) is 0 Å². The van der Waals surface area contributed by atoms with Gasteiger partial charge < -0.3 is 15.5 Å². The molecule has 2 N–H and O–H groups in total. The Hall–Kier alpha value is -0.0300. The minimum absolute atomic E-state index is 0. The number of nitrogens with zero attached hydrogens (tertiary/aromatic N) is 1. The number of nitrogens with one attached hydrogen (secondary N) is 2. The molecule has 6 heteroatoms. The molecule has 3 atom stereocenters. The van der Waals surface area contributed by atoms with Crippen LogP contribution in [0.5, 0.6) is 0 Å². The fourth-order valence-corrected chi connectivity index (χ4v) is 4.18. The minimum Gasteiger partial charge on any atom is -0.353 e. The Kier molecular flexibility index (Phi) is 8.88. The van der Waals surface area contributed by atoms with Crippen LogP contribution in [-0.4, -0.2) is 50.6 Å². The third-order valence-corrected chi connectivity index (χ3v) is 5.73. The van der Waals surface area contributed by atoms with E-state index in [0.29, 0.717) is 5.92 Å². The third kappa shape index (κ3) is 4.97. The largest absolute Gasteiger partial charge is 0.353 e. The van der Waals surface area contributed by atoms with E-state index in [2.05, 4.69) is 50.4 Å². The molecule has 4 nitrogen and oxygen atoms in total. The monoisotopic (exact) mass is 367 g/mol. The van der Waals surface area contributed by atoms with Gasteiger partial charge in [-0.25, -0.2) is 0 Å². The maximum Gasteiger partial charge on any atom is 0.228 e. The number of amides is 1. The van der Waals surface area contributed by atoms with Gasteiger partial charge in [0.15, 0.2) is 0 Å². The van der Waals surface area contributed by atoms with Crippen LogP contribution in [0.2, 0.25) is 0 Å². The lowest BCUT2D eigenvalue weighted by Gasteiger charge is -2.41. The first-order valence-electron chi connectivity index (χ1n) is 8.44. The second-order valence-corrected chi connectivity index (χ2v) is 8.15. The molecule has 1 unspecified atom stereocenters. The van der Waals surface area contributed by atoms with Crippen LogP contribution in [0, 0.1) is 16.7 Å². The Labute approximate surface area is 154 Å². The zero-order valence-corrected chi connectivity index (χ0v) is 16.9. The Morgan fingerprint density at radius 1 is 1.35 bits per heavy atom. The lowest BCUT2D eigenvalue weighted by molar-refractivity contribution is -0.135. The summed E-state index contributed by atoms with van der Waals surface area (Å²) in [5.74, 6) is 0.826. The van der Waals surface area contributed by atoms with Gasteiger partial charge in [0.05, 0.1) is 5.41 Å². The van der Waals surface area contributed by atoms with Crippen LogP contribution < -0.4 is 10.6 Å². The number of halogens is 2. The van der Waals surface area contributed by atoms with Gasteiger partial charge in [0.1, 0.15) is 0 Å². The molecule has 138 valence electrons. The SMILES string of the molecule is CC(NC(=O)[C@@]12CCCC[C@H]1CNC2)C(C)(C)CN(C)C.Cl.Cl. The van der Waals surface area contributed by atoms with Crippen LogP contribution in [0.4, 0.5) is 0 Å². The van der Waals surface area contributed by atoms with Crippen LogP contribution >= 0.6 is 24.8 Å². The average Bonchev–Trinajstić information content (AvgIpc) is 2.81. The van der Waals surface area contributed by atoms with Crippen molar-refractivity contribution in [3.63, 3.8) is 0 Å². The summed E-state index contributed by atoms with van der Waals surface area (Å²) in [6, 6.07) is 0.185. The summed E-state index contributed by atoms with van der Waals surface area (Å²) < 4.78 is 0. The van der Waals surface area contributed by atoms with Crippen molar-refractivity contribution in [1.82, 2.24) is 15.5 Å². The van der Waals surface area contributed by atoms with Gasteiger partial charge in [-0.2, -0.15) is 0 Å². The minimum atomic E-state index is -0.138. The van der Waals surface area contributed by atoms with E-state index >= 15 is 0 Å². The van der Waals surface area contributed by atoms with Gasteiger partial charge in [0.25, 0.3) is 0 Å². The van der Waals surface area contributed by atoms with Crippen LogP contribution in [0.3, 0.4) is 0 Å². The molecule has 1 heterocycles. The van der Waals surface area contributed by atoms with E-state index in [9.17, 15) is 4.79 Å². The van der Waals surface area contributed by atoms with E-state index in [1.165, 1.54) is 19.3 Å². The molecule has 0 radical (unpaired) electrons. The van der Waals surface area contributed by atoms with Crippen molar-refractivity contribution in [1.29, 1.82) is 0 Å². The standard InChI is InChI=1S/C17H33N3O.2ClH/c1-13(16(2,3)12-20(4)5)19-15(21)17-9-7-6-8-14(17)10-18-11-17;;/h13-14,18H,6-12H2,1-5H3,(H,19,21);2*1H/t13?,14-,17+;;/m0../s1. The highest BCUT2D eigenvalue weighted by molar-refractivity contribution is 5.85. The quantitative estimate of drug-likeness (QED) is 0.784. The lowest BCUT2D eigenvalue weighted by Crippen LogP contribution is -2.54. The lowest BCUT2D eigenvalue weighted by atomic mass is 9.67. The topological polar surface area (TPSA) is 44.4 Å². The molecule has 0 bridgehead atoms. The highest BCUT2D eigenvalue weighted by atomic mass is 35.5. The average molecular weight is 368 g/mol. The summed E-state index contributed by atoms with van der Waals surface area (Å²) in [6.07, 6.45) is 4.73. The van der Waals surface area contributed by atoms with Crippen LogP contribution in [0.1, 0.15) is 46.5 Å². The first-order chi connectivity index (χ1) is 9.78. The van der Waals surface area contributed by atoms with Gasteiger partial charge in [-0.05, 0) is 51.7 Å². The second-order valence-electron chi connectivity index (χ2n) is 8.15. The molecule has 0 aromatic rings. The van der Waals surface area contributed by atoms with Crippen molar-refractivity contribution < 1.29 is 4.79 Å². The van der Waals surface area contributed by atoms with Crippen molar-refractivity contribution in [3.8, 4) is 0 Å². The molecular weight excluding hydrogens is 333 g/mol. The molecule has 0 aromatic carbocycles. The number of hydrogen-bond acceptors (Lipinski definition) is 3. The fourth-order valence-electron chi connectivity index (χ4n) is 4.18. The van der Waals surface area contributed by atoms with Crippen LogP contribution in [0.25, 0.3) is 0 Å². The summed E-state index contributed by atoms with van der Waals surface area (Å²) in [4.78, 5) is 15.2. The number of fused-ring (bicyclic) bond motifs is 1. The molecule has 1 aliphatic heterocycles. The van der Waals surface area contributed by atoms with E-state index in [0.717, 1.165) is 26.1 Å². The van der Waals surface area contributed by atoms with Crippen molar-refractivity contribution in [2.24, 2.45) is 16.7 Å². The summed E-state index contributed by atoms with van der Waals surface area (Å²) >= 11 is 0. The highest BCUT2D eigenvalue weighted by Gasteiger charge is 2.50. The predicted molar refractivity (Wildman–Crippen MR) is 102 cm³/mol. The molecule has 2 fully saturated rings. The van der Waals surface area contributed by atoms with Gasteiger partial charge in [-0.3, -0.25) is 4.79 Å². The zero-order valence-electron chi connectivity index (χ0n) is 15.3. The van der Waals surface area contributed by atoms with Crippen molar-refractivity contribution in [2.45, 2.75) is 52.5 Å². The number of hydrogen-bond donors (Lipinski definition) is 2.